The summed E-state index contributed by atoms with van der Waals surface area (Å²) in [6, 6.07) is 0. The van der Waals surface area contributed by atoms with Crippen molar-refractivity contribution >= 4 is 11.9 Å². The Morgan fingerprint density at radius 2 is 1.83 bits per heavy atom. The van der Waals surface area contributed by atoms with Crippen molar-refractivity contribution in [2.75, 3.05) is 14.2 Å². The largest absolute Gasteiger partial charge is 0.468 e. The third-order valence-electron chi connectivity index (χ3n) is 2.54. The molecule has 0 aromatic heterocycles. The molecule has 0 saturated heterocycles. The summed E-state index contributed by atoms with van der Waals surface area (Å²) in [6.07, 6.45) is 7.35. The Hall–Kier alpha value is -2.02. The predicted molar refractivity (Wildman–Crippen MR) is 68.5 cm³/mol. The van der Waals surface area contributed by atoms with Crippen LogP contribution >= 0.6 is 0 Å². The third-order valence-corrected chi connectivity index (χ3v) is 2.54. The fourth-order valence-electron chi connectivity index (χ4n) is 1.70. The number of hydrogen-bond acceptors (Lipinski definition) is 4. The molecule has 18 heavy (non-hydrogen) atoms. The molecule has 0 fully saturated rings. The van der Waals surface area contributed by atoms with Gasteiger partial charge in [0.15, 0.2) is 5.41 Å². The lowest BCUT2D eigenvalue weighted by molar-refractivity contribution is -0.168. The molecule has 0 aliphatic carbocycles. The number of esters is 2. The number of rotatable bonds is 7. The van der Waals surface area contributed by atoms with E-state index in [1.165, 1.54) is 14.2 Å². The summed E-state index contributed by atoms with van der Waals surface area (Å²) in [4.78, 5) is 23.8. The van der Waals surface area contributed by atoms with Crippen molar-refractivity contribution in [1.82, 2.24) is 0 Å². The summed E-state index contributed by atoms with van der Waals surface area (Å²) in [7, 11) is 2.40. The lowest BCUT2D eigenvalue weighted by atomic mass is 9.78. The molecule has 4 heteroatoms. The van der Waals surface area contributed by atoms with Gasteiger partial charge in [0, 0.05) is 6.42 Å². The zero-order valence-electron chi connectivity index (χ0n) is 10.8. The SMILES string of the molecule is C#CCC(CC(=C)CC=C)(C(=O)OC)C(=O)OC. The third kappa shape index (κ3) is 3.49. The van der Waals surface area contributed by atoms with Gasteiger partial charge in [0.2, 0.25) is 0 Å². The summed E-state index contributed by atoms with van der Waals surface area (Å²) < 4.78 is 9.34. The van der Waals surface area contributed by atoms with Crippen molar-refractivity contribution in [3.05, 3.63) is 24.8 Å². The van der Waals surface area contributed by atoms with Gasteiger partial charge in [0.1, 0.15) is 0 Å². The van der Waals surface area contributed by atoms with Gasteiger partial charge in [-0.1, -0.05) is 18.2 Å². The maximum Gasteiger partial charge on any atom is 0.324 e. The van der Waals surface area contributed by atoms with Gasteiger partial charge in [-0.2, -0.15) is 0 Å². The minimum absolute atomic E-state index is 0.0859. The Morgan fingerprint density at radius 1 is 1.33 bits per heavy atom. The van der Waals surface area contributed by atoms with Gasteiger partial charge in [-0.05, 0) is 12.8 Å². The van der Waals surface area contributed by atoms with Crippen LogP contribution in [0.5, 0.6) is 0 Å². The number of hydrogen-bond donors (Lipinski definition) is 0. The molecule has 0 atom stereocenters. The molecule has 0 aliphatic heterocycles. The Bertz CT molecular complexity index is 371. The van der Waals surface area contributed by atoms with Gasteiger partial charge < -0.3 is 9.47 Å². The van der Waals surface area contributed by atoms with E-state index in [4.69, 9.17) is 6.42 Å². The van der Waals surface area contributed by atoms with Crippen LogP contribution in [0.2, 0.25) is 0 Å². The lowest BCUT2D eigenvalue weighted by Crippen LogP contribution is -2.41. The second kappa shape index (κ2) is 7.33. The maximum atomic E-state index is 11.9. The lowest BCUT2D eigenvalue weighted by Gasteiger charge is -2.26. The smallest absolute Gasteiger partial charge is 0.324 e. The average Bonchev–Trinajstić information content (AvgIpc) is 2.36. The Morgan fingerprint density at radius 3 is 2.17 bits per heavy atom. The molecule has 0 aromatic rings. The molecule has 4 nitrogen and oxygen atoms in total. The Balaban J connectivity index is 5.40. The van der Waals surface area contributed by atoms with Crippen LogP contribution in [-0.4, -0.2) is 26.2 Å². The predicted octanol–water partition coefficient (Wildman–Crippen LogP) is 1.86. The molecular weight excluding hydrogens is 232 g/mol. The van der Waals surface area contributed by atoms with Crippen LogP contribution in [0.3, 0.4) is 0 Å². The van der Waals surface area contributed by atoms with E-state index in [0.717, 1.165) is 0 Å². The van der Waals surface area contributed by atoms with Crippen LogP contribution in [0.15, 0.2) is 24.8 Å². The first kappa shape index (κ1) is 16.0. The standard InChI is InChI=1S/C14H18O4/c1-6-8-11(3)10-14(9-7-2,12(15)17-4)13(16)18-5/h2,6H,1,3,8-10H2,4-5H3. The minimum atomic E-state index is -1.52. The fourth-order valence-corrected chi connectivity index (χ4v) is 1.70. The topological polar surface area (TPSA) is 52.6 Å². The van der Waals surface area contributed by atoms with Crippen molar-refractivity contribution in [3.8, 4) is 12.3 Å². The van der Waals surface area contributed by atoms with Crippen molar-refractivity contribution < 1.29 is 19.1 Å². The Labute approximate surface area is 108 Å². The van der Waals surface area contributed by atoms with Gasteiger partial charge in [0.05, 0.1) is 14.2 Å². The molecule has 0 heterocycles. The molecule has 0 aliphatic rings. The van der Waals surface area contributed by atoms with Gasteiger partial charge in [-0.3, -0.25) is 9.59 Å². The first-order chi connectivity index (χ1) is 8.48. The van der Waals surface area contributed by atoms with Gasteiger partial charge in [0.25, 0.3) is 0 Å². The van der Waals surface area contributed by atoms with Crippen molar-refractivity contribution in [3.63, 3.8) is 0 Å². The van der Waals surface area contributed by atoms with Crippen LogP contribution in [0.1, 0.15) is 19.3 Å². The minimum Gasteiger partial charge on any atom is -0.468 e. The van der Waals surface area contributed by atoms with Crippen molar-refractivity contribution in [2.45, 2.75) is 19.3 Å². The normalized spacial score (nSPS) is 10.1. The summed E-state index contributed by atoms with van der Waals surface area (Å²) in [5, 5.41) is 0. The van der Waals surface area contributed by atoms with E-state index >= 15 is 0 Å². The Kier molecular flexibility index (Phi) is 6.51. The van der Waals surface area contributed by atoms with E-state index in [-0.39, 0.29) is 12.8 Å². The maximum absolute atomic E-state index is 11.9. The highest BCUT2D eigenvalue weighted by Gasteiger charge is 2.48. The fraction of sp³-hybridized carbons (Fsp3) is 0.429. The molecule has 0 amide bonds. The van der Waals surface area contributed by atoms with Crippen LogP contribution in [0, 0.1) is 17.8 Å². The van der Waals surface area contributed by atoms with E-state index in [1.54, 1.807) is 6.08 Å². The number of ether oxygens (including phenoxy) is 2. The van der Waals surface area contributed by atoms with E-state index in [0.29, 0.717) is 12.0 Å². The molecule has 0 saturated carbocycles. The van der Waals surface area contributed by atoms with Gasteiger partial charge >= 0.3 is 11.9 Å². The van der Waals surface area contributed by atoms with E-state index in [2.05, 4.69) is 28.6 Å². The number of allylic oxidation sites excluding steroid dienone is 2. The summed E-state index contributed by atoms with van der Waals surface area (Å²) in [5.41, 5.74) is -0.853. The highest BCUT2D eigenvalue weighted by molar-refractivity contribution is 6.00. The van der Waals surface area contributed by atoms with Gasteiger partial charge in [-0.15, -0.1) is 18.9 Å². The second-order valence-corrected chi connectivity index (χ2v) is 3.87. The molecule has 0 aromatic carbocycles. The van der Waals surface area contributed by atoms with Crippen LogP contribution in [-0.2, 0) is 19.1 Å². The molecule has 0 N–H and O–H groups in total. The van der Waals surface area contributed by atoms with E-state index in [9.17, 15) is 9.59 Å². The van der Waals surface area contributed by atoms with E-state index in [1.807, 2.05) is 0 Å². The summed E-state index contributed by atoms with van der Waals surface area (Å²) in [5.74, 6) is 0.897. The number of carbonyl (C=O) groups is 2. The second-order valence-electron chi connectivity index (χ2n) is 3.87. The number of methoxy groups -OCH3 is 2. The van der Waals surface area contributed by atoms with E-state index < -0.39 is 17.4 Å². The quantitative estimate of drug-likeness (QED) is 0.299. The first-order valence-corrected chi connectivity index (χ1v) is 5.36. The molecule has 98 valence electrons. The molecule has 0 rings (SSSR count). The van der Waals surface area contributed by atoms with Crippen molar-refractivity contribution in [2.24, 2.45) is 5.41 Å². The first-order valence-electron chi connectivity index (χ1n) is 5.36. The van der Waals surface area contributed by atoms with Gasteiger partial charge in [-0.25, -0.2) is 0 Å². The molecule has 0 spiro atoms. The molecular formula is C14H18O4. The van der Waals surface area contributed by atoms with Crippen molar-refractivity contribution in [1.29, 1.82) is 0 Å². The molecule has 0 unspecified atom stereocenters. The molecule has 0 radical (unpaired) electrons. The number of terminal acetylenes is 1. The zero-order chi connectivity index (χ0) is 14.2. The van der Waals surface area contributed by atoms with Crippen LogP contribution in [0.25, 0.3) is 0 Å². The highest BCUT2D eigenvalue weighted by Crippen LogP contribution is 2.33. The summed E-state index contributed by atoms with van der Waals surface area (Å²) >= 11 is 0. The number of carbonyl (C=O) groups excluding carboxylic acids is 2. The van der Waals surface area contributed by atoms with Crippen LogP contribution in [0.4, 0.5) is 0 Å². The highest BCUT2D eigenvalue weighted by atomic mass is 16.5. The molecule has 0 bridgehead atoms. The zero-order valence-corrected chi connectivity index (χ0v) is 10.8. The summed E-state index contributed by atoms with van der Waals surface area (Å²) in [6.45, 7) is 7.36. The monoisotopic (exact) mass is 250 g/mol. The average molecular weight is 250 g/mol. The van der Waals surface area contributed by atoms with Crippen LogP contribution < -0.4 is 0 Å².